The first kappa shape index (κ1) is 6.95. The van der Waals surface area contributed by atoms with Crippen LogP contribution >= 0.6 is 0 Å². The molecular formula is C4H11NOS. The summed E-state index contributed by atoms with van der Waals surface area (Å²) < 4.78 is 17.3. The van der Waals surface area contributed by atoms with E-state index in [0.717, 1.165) is 6.42 Å². The summed E-state index contributed by atoms with van der Waals surface area (Å²) in [5.74, 6) is 0.535. The maximum absolute atomic E-state index is 10.5. The summed E-state index contributed by atoms with van der Waals surface area (Å²) in [4.78, 5) is 0. The number of hydrogen-bond acceptors (Lipinski definition) is 2. The first-order chi connectivity index (χ1) is 3.06. The predicted octanol–water partition coefficient (Wildman–Crippen LogP) is 1.07. The van der Waals surface area contributed by atoms with Crippen molar-refractivity contribution in [3.63, 3.8) is 0 Å². The summed E-state index contributed by atoms with van der Waals surface area (Å²) in [5, 5.41) is 0. The Kier molecular flexibility index (Phi) is 2.29. The third-order valence-electron chi connectivity index (χ3n) is 0.594. The van der Waals surface area contributed by atoms with E-state index < -0.39 is 9.73 Å². The van der Waals surface area contributed by atoms with Gasteiger partial charge in [0.1, 0.15) is 0 Å². The SMILES string of the molecule is CCC[S@@](C)(=N)=O. The van der Waals surface area contributed by atoms with Crippen LogP contribution in [0.15, 0.2) is 0 Å². The monoisotopic (exact) mass is 121 g/mol. The lowest BCUT2D eigenvalue weighted by Crippen LogP contribution is -1.97. The van der Waals surface area contributed by atoms with Crippen LogP contribution in [-0.4, -0.2) is 16.2 Å². The predicted molar refractivity (Wildman–Crippen MR) is 31.9 cm³/mol. The summed E-state index contributed by atoms with van der Waals surface area (Å²) in [6.45, 7) is 1.93. The van der Waals surface area contributed by atoms with Gasteiger partial charge in [-0.25, -0.2) is 0 Å². The Hall–Kier alpha value is -0.0500. The lowest BCUT2D eigenvalue weighted by molar-refractivity contribution is 0.677. The molecule has 0 aromatic carbocycles. The number of rotatable bonds is 2. The van der Waals surface area contributed by atoms with Crippen LogP contribution in [0.3, 0.4) is 0 Å². The molecule has 0 aliphatic rings. The minimum absolute atomic E-state index is 0.535. The first-order valence-corrected chi connectivity index (χ1v) is 4.41. The van der Waals surface area contributed by atoms with Crippen molar-refractivity contribution in [2.75, 3.05) is 12.0 Å². The molecular weight excluding hydrogens is 110 g/mol. The van der Waals surface area contributed by atoms with Gasteiger partial charge in [0.25, 0.3) is 0 Å². The second-order valence-electron chi connectivity index (χ2n) is 1.71. The molecule has 7 heavy (non-hydrogen) atoms. The molecule has 3 heteroatoms. The smallest absolute Gasteiger partial charge is 0.0412 e. The molecule has 1 atom stereocenters. The summed E-state index contributed by atoms with van der Waals surface area (Å²) in [6, 6.07) is 0. The van der Waals surface area contributed by atoms with E-state index in [9.17, 15) is 4.21 Å². The van der Waals surface area contributed by atoms with E-state index in [-0.39, 0.29) is 0 Å². The molecule has 0 aromatic heterocycles. The molecule has 2 nitrogen and oxygen atoms in total. The van der Waals surface area contributed by atoms with Crippen molar-refractivity contribution in [3.8, 4) is 0 Å². The summed E-state index contributed by atoms with van der Waals surface area (Å²) in [7, 11) is -2.17. The number of nitrogens with one attached hydrogen (secondary N) is 1. The Balaban J connectivity index is 3.60. The third-order valence-corrected chi connectivity index (χ3v) is 1.78. The second-order valence-corrected chi connectivity index (χ2v) is 4.13. The molecule has 0 aliphatic carbocycles. The van der Waals surface area contributed by atoms with Crippen molar-refractivity contribution in [2.24, 2.45) is 0 Å². The largest absolute Gasteiger partial charge is 0.253 e. The van der Waals surface area contributed by atoms with Crippen LogP contribution in [0.25, 0.3) is 0 Å². The van der Waals surface area contributed by atoms with E-state index in [0.29, 0.717) is 5.75 Å². The highest BCUT2D eigenvalue weighted by molar-refractivity contribution is 7.91. The molecule has 0 bridgehead atoms. The van der Waals surface area contributed by atoms with Crippen LogP contribution in [0.5, 0.6) is 0 Å². The van der Waals surface area contributed by atoms with Gasteiger partial charge in [0.2, 0.25) is 0 Å². The van der Waals surface area contributed by atoms with Crippen molar-refractivity contribution in [2.45, 2.75) is 13.3 Å². The van der Waals surface area contributed by atoms with Crippen molar-refractivity contribution in [1.29, 1.82) is 4.78 Å². The topological polar surface area (TPSA) is 40.9 Å². The van der Waals surface area contributed by atoms with E-state index in [1.807, 2.05) is 6.92 Å². The quantitative estimate of drug-likeness (QED) is 0.583. The Morgan fingerprint density at radius 3 is 2.14 bits per heavy atom. The Labute approximate surface area is 44.9 Å². The molecule has 0 spiro atoms. The van der Waals surface area contributed by atoms with E-state index in [4.69, 9.17) is 4.78 Å². The molecule has 1 N–H and O–H groups in total. The molecule has 0 saturated heterocycles. The zero-order chi connectivity index (χ0) is 5.91. The minimum Gasteiger partial charge on any atom is -0.253 e. The molecule has 0 aliphatic heterocycles. The first-order valence-electron chi connectivity index (χ1n) is 2.27. The molecule has 0 heterocycles. The highest BCUT2D eigenvalue weighted by Crippen LogP contribution is 1.86. The lowest BCUT2D eigenvalue weighted by Gasteiger charge is -1.91. The summed E-state index contributed by atoms with van der Waals surface area (Å²) in [6.07, 6.45) is 2.31. The lowest BCUT2D eigenvalue weighted by atomic mass is 10.6. The third kappa shape index (κ3) is 5.95. The van der Waals surface area contributed by atoms with Crippen LogP contribution < -0.4 is 0 Å². The van der Waals surface area contributed by atoms with E-state index >= 15 is 0 Å². The van der Waals surface area contributed by atoms with Gasteiger partial charge < -0.3 is 0 Å². The van der Waals surface area contributed by atoms with Crippen LogP contribution in [0, 0.1) is 4.78 Å². The van der Waals surface area contributed by atoms with E-state index in [1.54, 1.807) is 0 Å². The molecule has 0 fully saturated rings. The average molecular weight is 121 g/mol. The Bertz CT molecular complexity index is 125. The van der Waals surface area contributed by atoms with Gasteiger partial charge in [0.15, 0.2) is 0 Å². The van der Waals surface area contributed by atoms with Crippen LogP contribution in [-0.2, 0) is 9.73 Å². The normalized spacial score (nSPS) is 18.6. The second kappa shape index (κ2) is 2.31. The van der Waals surface area contributed by atoms with Gasteiger partial charge in [0, 0.05) is 21.7 Å². The van der Waals surface area contributed by atoms with Gasteiger partial charge in [-0.1, -0.05) is 6.92 Å². The van der Waals surface area contributed by atoms with Gasteiger partial charge >= 0.3 is 0 Å². The van der Waals surface area contributed by atoms with Gasteiger partial charge in [-0.15, -0.1) is 0 Å². The van der Waals surface area contributed by atoms with Crippen LogP contribution in [0.4, 0.5) is 0 Å². The minimum atomic E-state index is -2.17. The van der Waals surface area contributed by atoms with Crippen molar-refractivity contribution < 1.29 is 4.21 Å². The van der Waals surface area contributed by atoms with Gasteiger partial charge in [-0.3, -0.25) is 8.99 Å². The molecule has 0 aromatic rings. The standard InChI is InChI=1S/C4H11NOS/c1-3-4-7(2,5)6/h5H,3-4H2,1-2H3/t7-/m0/s1. The van der Waals surface area contributed by atoms with Crippen molar-refractivity contribution in [3.05, 3.63) is 0 Å². The fraction of sp³-hybridized carbons (Fsp3) is 1.00. The molecule has 0 unspecified atom stereocenters. The molecule has 0 rings (SSSR count). The summed E-state index contributed by atoms with van der Waals surface area (Å²) in [5.41, 5.74) is 0. The maximum Gasteiger partial charge on any atom is 0.0412 e. The fourth-order valence-electron chi connectivity index (χ4n) is 0.390. The highest BCUT2D eigenvalue weighted by atomic mass is 32.2. The van der Waals surface area contributed by atoms with Crippen molar-refractivity contribution >= 4 is 9.73 Å². The summed E-state index contributed by atoms with van der Waals surface area (Å²) >= 11 is 0. The highest BCUT2D eigenvalue weighted by Gasteiger charge is 1.90. The van der Waals surface area contributed by atoms with Crippen molar-refractivity contribution in [1.82, 2.24) is 0 Å². The molecule has 0 amide bonds. The Morgan fingerprint density at radius 1 is 1.71 bits per heavy atom. The Morgan fingerprint density at radius 2 is 2.14 bits per heavy atom. The van der Waals surface area contributed by atoms with Gasteiger partial charge in [0.05, 0.1) is 0 Å². The zero-order valence-electron chi connectivity index (χ0n) is 4.73. The molecule has 0 radical (unpaired) electrons. The van der Waals surface area contributed by atoms with E-state index in [2.05, 4.69) is 0 Å². The van der Waals surface area contributed by atoms with Crippen LogP contribution in [0.2, 0.25) is 0 Å². The average Bonchev–Trinajstić information content (AvgIpc) is 1.30. The molecule has 44 valence electrons. The fourth-order valence-corrected chi connectivity index (χ4v) is 1.17. The van der Waals surface area contributed by atoms with Crippen LogP contribution in [0.1, 0.15) is 13.3 Å². The maximum atomic E-state index is 10.5. The zero-order valence-corrected chi connectivity index (χ0v) is 5.55. The number of hydrogen-bond donors (Lipinski definition) is 1. The molecule has 0 saturated carbocycles. The van der Waals surface area contributed by atoms with E-state index in [1.165, 1.54) is 6.26 Å². The van der Waals surface area contributed by atoms with Gasteiger partial charge in [-0.05, 0) is 6.42 Å². The van der Waals surface area contributed by atoms with Gasteiger partial charge in [-0.2, -0.15) is 0 Å².